The molecule has 6 heteroatoms. The molecule has 2 aliphatic rings. The van der Waals surface area contributed by atoms with Crippen molar-refractivity contribution in [2.24, 2.45) is 0 Å². The lowest BCUT2D eigenvalue weighted by Gasteiger charge is -2.33. The number of rotatable bonds is 3. The molecule has 5 nitrogen and oxygen atoms in total. The van der Waals surface area contributed by atoms with Gasteiger partial charge in [-0.1, -0.05) is 18.0 Å². The first-order valence-electron chi connectivity index (χ1n) is 7.86. The van der Waals surface area contributed by atoms with E-state index in [9.17, 15) is 4.79 Å². The summed E-state index contributed by atoms with van der Waals surface area (Å²) in [6.07, 6.45) is 6.62. The number of hydrogen-bond acceptors (Lipinski definition) is 4. The van der Waals surface area contributed by atoms with Gasteiger partial charge in [-0.15, -0.1) is 0 Å². The molecule has 3 heterocycles. The Morgan fingerprint density at radius 2 is 2.14 bits per heavy atom. The lowest BCUT2D eigenvalue weighted by atomic mass is 9.99. The zero-order valence-corrected chi connectivity index (χ0v) is 13.4. The van der Waals surface area contributed by atoms with Crippen molar-refractivity contribution in [1.82, 2.24) is 14.7 Å². The van der Waals surface area contributed by atoms with Crippen molar-refractivity contribution >= 4 is 17.3 Å². The van der Waals surface area contributed by atoms with Crippen LogP contribution < -0.4 is 10.9 Å². The average Bonchev–Trinajstić information content (AvgIpc) is 2.87. The van der Waals surface area contributed by atoms with Crippen molar-refractivity contribution in [3.8, 4) is 0 Å². The predicted molar refractivity (Wildman–Crippen MR) is 85.1 cm³/mol. The summed E-state index contributed by atoms with van der Waals surface area (Å²) < 4.78 is 1.43. The van der Waals surface area contributed by atoms with E-state index in [2.05, 4.69) is 15.3 Å². The number of nitrogens with zero attached hydrogens (tertiary/aromatic N) is 3. The molecule has 0 spiro atoms. The molecule has 2 atom stereocenters. The number of aromatic nitrogens is 2. The number of nitrogens with one attached hydrogen (secondary N) is 1. The Morgan fingerprint density at radius 1 is 1.33 bits per heavy atom. The van der Waals surface area contributed by atoms with Crippen molar-refractivity contribution in [3.05, 3.63) is 21.6 Å². The van der Waals surface area contributed by atoms with Crippen LogP contribution >= 0.6 is 11.6 Å². The van der Waals surface area contributed by atoms with Gasteiger partial charge in [-0.2, -0.15) is 5.10 Å². The number of halogens is 1. The smallest absolute Gasteiger partial charge is 0.287 e. The molecule has 1 aromatic rings. The van der Waals surface area contributed by atoms with Crippen LogP contribution in [0.5, 0.6) is 0 Å². The summed E-state index contributed by atoms with van der Waals surface area (Å²) in [4.78, 5) is 14.8. The third-order valence-corrected chi connectivity index (χ3v) is 4.99. The van der Waals surface area contributed by atoms with Crippen LogP contribution in [-0.4, -0.2) is 39.9 Å². The van der Waals surface area contributed by atoms with Gasteiger partial charge in [0.25, 0.3) is 5.56 Å². The maximum absolute atomic E-state index is 12.2. The van der Waals surface area contributed by atoms with Crippen molar-refractivity contribution in [2.45, 2.75) is 57.7 Å². The molecule has 0 bridgehead atoms. The molecular weight excluding hydrogens is 288 g/mol. The maximum atomic E-state index is 12.2. The molecular formula is C15H23ClN4O. The van der Waals surface area contributed by atoms with Crippen molar-refractivity contribution in [3.63, 3.8) is 0 Å². The first-order valence-corrected chi connectivity index (χ1v) is 8.23. The lowest BCUT2D eigenvalue weighted by Crippen LogP contribution is -2.42. The Kier molecular flexibility index (Phi) is 4.22. The standard InChI is InChI=1S/C15H23ClN4O/c1-10(2)20-15(21)14(16)12(9-17-20)18-11-6-8-19-7-4-3-5-13(11)19/h9-11,13,18H,3-8H2,1-2H3. The van der Waals surface area contributed by atoms with Gasteiger partial charge in [-0.25, -0.2) is 4.68 Å². The molecule has 21 heavy (non-hydrogen) atoms. The third kappa shape index (κ3) is 2.81. The zero-order valence-electron chi connectivity index (χ0n) is 12.7. The SMILES string of the molecule is CC(C)n1ncc(NC2CCN3CCCCC23)c(Cl)c1=O. The summed E-state index contributed by atoms with van der Waals surface area (Å²) >= 11 is 6.25. The van der Waals surface area contributed by atoms with Gasteiger partial charge in [-0.3, -0.25) is 9.69 Å². The molecule has 0 amide bonds. The van der Waals surface area contributed by atoms with Crippen LogP contribution in [0.25, 0.3) is 0 Å². The van der Waals surface area contributed by atoms with Gasteiger partial charge >= 0.3 is 0 Å². The molecule has 2 fully saturated rings. The Balaban J connectivity index is 1.79. The highest BCUT2D eigenvalue weighted by Crippen LogP contribution is 2.30. The van der Waals surface area contributed by atoms with E-state index >= 15 is 0 Å². The van der Waals surface area contributed by atoms with E-state index in [4.69, 9.17) is 11.6 Å². The van der Waals surface area contributed by atoms with E-state index in [-0.39, 0.29) is 16.6 Å². The highest BCUT2D eigenvalue weighted by molar-refractivity contribution is 6.32. The highest BCUT2D eigenvalue weighted by Gasteiger charge is 2.35. The van der Waals surface area contributed by atoms with Crippen LogP contribution in [-0.2, 0) is 0 Å². The Labute approximate surface area is 130 Å². The van der Waals surface area contributed by atoms with Crippen LogP contribution in [0.4, 0.5) is 5.69 Å². The molecule has 0 saturated carbocycles. The summed E-state index contributed by atoms with van der Waals surface area (Å²) in [5.41, 5.74) is 0.464. The monoisotopic (exact) mass is 310 g/mol. The van der Waals surface area contributed by atoms with Crippen LogP contribution in [0.3, 0.4) is 0 Å². The minimum atomic E-state index is -0.213. The molecule has 0 radical (unpaired) electrons. The fraction of sp³-hybridized carbons (Fsp3) is 0.733. The second kappa shape index (κ2) is 5.97. The van der Waals surface area contributed by atoms with Gasteiger partial charge in [0.1, 0.15) is 5.02 Å². The first-order chi connectivity index (χ1) is 10.1. The number of piperidine rings is 1. The van der Waals surface area contributed by atoms with E-state index in [0.29, 0.717) is 17.8 Å². The molecule has 2 aliphatic heterocycles. The van der Waals surface area contributed by atoms with Gasteiger partial charge < -0.3 is 5.32 Å². The lowest BCUT2D eigenvalue weighted by molar-refractivity contribution is 0.192. The van der Waals surface area contributed by atoms with Crippen LogP contribution in [0.15, 0.2) is 11.0 Å². The van der Waals surface area contributed by atoms with E-state index in [1.807, 2.05) is 13.8 Å². The fourth-order valence-corrected chi connectivity index (χ4v) is 3.72. The molecule has 1 aromatic heterocycles. The molecule has 116 valence electrons. The topological polar surface area (TPSA) is 50.2 Å². The summed E-state index contributed by atoms with van der Waals surface area (Å²) in [6, 6.07) is 0.964. The second-order valence-electron chi connectivity index (χ2n) is 6.35. The van der Waals surface area contributed by atoms with Gasteiger partial charge in [0.05, 0.1) is 17.9 Å². The second-order valence-corrected chi connectivity index (χ2v) is 6.73. The number of fused-ring (bicyclic) bond motifs is 1. The van der Waals surface area contributed by atoms with Gasteiger partial charge in [0.2, 0.25) is 0 Å². The van der Waals surface area contributed by atoms with Crippen molar-refractivity contribution in [2.75, 3.05) is 18.4 Å². The number of hydrogen-bond donors (Lipinski definition) is 1. The Morgan fingerprint density at radius 3 is 2.90 bits per heavy atom. The summed E-state index contributed by atoms with van der Waals surface area (Å²) in [6.45, 7) is 6.18. The predicted octanol–water partition coefficient (Wildman–Crippen LogP) is 2.52. The van der Waals surface area contributed by atoms with E-state index in [1.165, 1.54) is 30.5 Å². The van der Waals surface area contributed by atoms with Gasteiger partial charge in [0.15, 0.2) is 0 Å². The first kappa shape index (κ1) is 14.9. The van der Waals surface area contributed by atoms with Gasteiger partial charge in [-0.05, 0) is 39.7 Å². The van der Waals surface area contributed by atoms with Crippen LogP contribution in [0.1, 0.15) is 45.6 Å². The van der Waals surface area contributed by atoms with Crippen molar-refractivity contribution in [1.29, 1.82) is 0 Å². The van der Waals surface area contributed by atoms with E-state index < -0.39 is 0 Å². The van der Waals surface area contributed by atoms with Crippen LogP contribution in [0.2, 0.25) is 5.02 Å². The van der Waals surface area contributed by atoms with Crippen LogP contribution in [0, 0.1) is 0 Å². The summed E-state index contributed by atoms with van der Waals surface area (Å²) in [5.74, 6) is 0. The fourth-order valence-electron chi connectivity index (χ4n) is 3.53. The third-order valence-electron chi connectivity index (χ3n) is 4.63. The highest BCUT2D eigenvalue weighted by atomic mass is 35.5. The van der Waals surface area contributed by atoms with Crippen molar-refractivity contribution < 1.29 is 0 Å². The molecule has 1 N–H and O–H groups in total. The molecule has 0 aromatic carbocycles. The number of anilines is 1. The summed E-state index contributed by atoms with van der Waals surface area (Å²) in [5, 5.41) is 7.95. The maximum Gasteiger partial charge on any atom is 0.287 e. The summed E-state index contributed by atoms with van der Waals surface area (Å²) in [7, 11) is 0. The molecule has 2 unspecified atom stereocenters. The largest absolute Gasteiger partial charge is 0.378 e. The normalized spacial score (nSPS) is 26.1. The molecule has 2 saturated heterocycles. The molecule has 3 rings (SSSR count). The average molecular weight is 311 g/mol. The van der Waals surface area contributed by atoms with E-state index in [1.54, 1.807) is 6.20 Å². The quantitative estimate of drug-likeness (QED) is 0.932. The molecule has 0 aliphatic carbocycles. The van der Waals surface area contributed by atoms with Gasteiger partial charge in [0, 0.05) is 18.6 Å². The minimum absolute atomic E-state index is 0.0179. The minimum Gasteiger partial charge on any atom is -0.378 e. The Hall–Kier alpha value is -1.07. The Bertz CT molecular complexity index is 571. The zero-order chi connectivity index (χ0) is 15.0. The van der Waals surface area contributed by atoms with E-state index in [0.717, 1.165) is 13.0 Å².